The standard InChI is InChI=1S/C26H28N4O2/c1-6-30-25-24(18(4)29-30)21(20-10-8-7-9-11-20)15-23(28-25)32-19(5)26(31)27-22-14-16(2)12-13-17(22)3/h7-15,19H,6H2,1-5H3,(H,27,31)/t19-/m0/s1. The van der Waals surface area contributed by atoms with E-state index >= 15 is 0 Å². The van der Waals surface area contributed by atoms with Crippen LogP contribution in [0.3, 0.4) is 0 Å². The van der Waals surface area contributed by atoms with Crippen LogP contribution in [0.15, 0.2) is 54.6 Å². The largest absolute Gasteiger partial charge is 0.464 e. The Morgan fingerprint density at radius 2 is 1.84 bits per heavy atom. The molecule has 2 aromatic heterocycles. The summed E-state index contributed by atoms with van der Waals surface area (Å²) in [6.07, 6.45) is -0.720. The summed E-state index contributed by atoms with van der Waals surface area (Å²) in [6.45, 7) is 10.4. The van der Waals surface area contributed by atoms with Crippen molar-refractivity contribution in [3.63, 3.8) is 0 Å². The minimum Gasteiger partial charge on any atom is -0.464 e. The smallest absolute Gasteiger partial charge is 0.265 e. The SMILES string of the molecule is CCn1nc(C)c2c(-c3ccccc3)cc(O[C@@H](C)C(=O)Nc3cc(C)ccc3C)nc21. The summed E-state index contributed by atoms with van der Waals surface area (Å²) in [5.41, 5.74) is 6.59. The van der Waals surface area contributed by atoms with Crippen LogP contribution in [0.25, 0.3) is 22.2 Å². The predicted molar refractivity (Wildman–Crippen MR) is 128 cm³/mol. The maximum atomic E-state index is 12.8. The molecule has 0 bridgehead atoms. The average molecular weight is 429 g/mol. The van der Waals surface area contributed by atoms with Gasteiger partial charge >= 0.3 is 0 Å². The third-order valence-corrected chi connectivity index (χ3v) is 5.56. The van der Waals surface area contributed by atoms with Gasteiger partial charge in [-0.3, -0.25) is 4.79 Å². The van der Waals surface area contributed by atoms with E-state index in [1.807, 2.05) is 74.8 Å². The predicted octanol–water partition coefficient (Wildman–Crippen LogP) is 5.45. The van der Waals surface area contributed by atoms with Gasteiger partial charge in [0.05, 0.1) is 11.1 Å². The minimum absolute atomic E-state index is 0.220. The fourth-order valence-electron chi connectivity index (χ4n) is 3.80. The number of hydrogen-bond donors (Lipinski definition) is 1. The summed E-state index contributed by atoms with van der Waals surface area (Å²) in [5, 5.41) is 8.61. The Bertz CT molecular complexity index is 1280. The topological polar surface area (TPSA) is 69.0 Å². The molecular weight excluding hydrogens is 400 g/mol. The Hall–Kier alpha value is -3.67. The average Bonchev–Trinajstić information content (AvgIpc) is 3.11. The van der Waals surface area contributed by atoms with E-state index in [1.165, 1.54) is 0 Å². The van der Waals surface area contributed by atoms with Gasteiger partial charge in [-0.2, -0.15) is 10.1 Å². The summed E-state index contributed by atoms with van der Waals surface area (Å²) in [5.74, 6) is 0.177. The summed E-state index contributed by atoms with van der Waals surface area (Å²) >= 11 is 0. The quantitative estimate of drug-likeness (QED) is 0.443. The van der Waals surface area contributed by atoms with Crippen LogP contribution in [-0.2, 0) is 11.3 Å². The molecule has 0 saturated carbocycles. The van der Waals surface area contributed by atoms with E-state index < -0.39 is 6.10 Å². The van der Waals surface area contributed by atoms with Crippen LogP contribution in [0.4, 0.5) is 5.69 Å². The first-order valence-electron chi connectivity index (χ1n) is 10.9. The Labute approximate surface area is 188 Å². The molecule has 4 rings (SSSR count). The Balaban J connectivity index is 1.68. The maximum Gasteiger partial charge on any atom is 0.265 e. The van der Waals surface area contributed by atoms with E-state index in [1.54, 1.807) is 6.92 Å². The number of aryl methyl sites for hydroxylation is 4. The van der Waals surface area contributed by atoms with Crippen molar-refractivity contribution in [1.29, 1.82) is 0 Å². The number of pyridine rings is 1. The number of nitrogens with zero attached hydrogens (tertiary/aromatic N) is 3. The van der Waals surface area contributed by atoms with Crippen molar-refractivity contribution in [2.75, 3.05) is 5.32 Å². The van der Waals surface area contributed by atoms with Crippen molar-refractivity contribution in [3.8, 4) is 17.0 Å². The van der Waals surface area contributed by atoms with Crippen LogP contribution in [0, 0.1) is 20.8 Å². The third kappa shape index (κ3) is 4.21. The van der Waals surface area contributed by atoms with Crippen LogP contribution in [0.5, 0.6) is 5.88 Å². The normalized spacial score (nSPS) is 12.0. The lowest BCUT2D eigenvalue weighted by Crippen LogP contribution is -2.30. The first kappa shape index (κ1) is 21.6. The molecule has 6 nitrogen and oxygen atoms in total. The molecule has 0 unspecified atom stereocenters. The number of ether oxygens (including phenoxy) is 1. The number of hydrogen-bond acceptors (Lipinski definition) is 4. The molecule has 6 heteroatoms. The number of rotatable bonds is 6. The minimum atomic E-state index is -0.720. The van der Waals surface area contributed by atoms with Crippen LogP contribution in [-0.4, -0.2) is 26.8 Å². The van der Waals surface area contributed by atoms with Gasteiger partial charge < -0.3 is 10.1 Å². The second-order valence-electron chi connectivity index (χ2n) is 8.04. The molecule has 0 aliphatic carbocycles. The van der Waals surface area contributed by atoms with Gasteiger partial charge in [0.2, 0.25) is 5.88 Å². The molecule has 0 fully saturated rings. The summed E-state index contributed by atoms with van der Waals surface area (Å²) < 4.78 is 7.90. The van der Waals surface area contributed by atoms with E-state index in [0.717, 1.165) is 44.7 Å². The van der Waals surface area contributed by atoms with Gasteiger partial charge in [0, 0.05) is 18.3 Å². The van der Waals surface area contributed by atoms with Crippen LogP contribution in [0.1, 0.15) is 30.7 Å². The van der Waals surface area contributed by atoms with Gasteiger partial charge in [-0.15, -0.1) is 0 Å². The van der Waals surface area contributed by atoms with Crippen molar-refractivity contribution in [2.24, 2.45) is 0 Å². The second-order valence-corrected chi connectivity index (χ2v) is 8.04. The summed E-state index contributed by atoms with van der Waals surface area (Å²) in [6, 6.07) is 18.0. The maximum absolute atomic E-state index is 12.8. The molecule has 0 saturated heterocycles. The number of nitrogens with one attached hydrogen (secondary N) is 1. The van der Waals surface area contributed by atoms with Crippen molar-refractivity contribution in [1.82, 2.24) is 14.8 Å². The number of carbonyl (C=O) groups excluding carboxylic acids is 1. The molecule has 0 radical (unpaired) electrons. The third-order valence-electron chi connectivity index (χ3n) is 5.56. The number of aromatic nitrogens is 3. The molecule has 0 aliphatic heterocycles. The molecule has 2 heterocycles. The number of carbonyl (C=O) groups is 1. The molecule has 4 aromatic rings. The second kappa shape index (κ2) is 8.83. The van der Waals surface area contributed by atoms with E-state index in [-0.39, 0.29) is 5.91 Å². The first-order valence-corrected chi connectivity index (χ1v) is 10.9. The van der Waals surface area contributed by atoms with Crippen LogP contribution < -0.4 is 10.1 Å². The molecule has 2 aromatic carbocycles. The molecule has 32 heavy (non-hydrogen) atoms. The fourth-order valence-corrected chi connectivity index (χ4v) is 3.80. The lowest BCUT2D eigenvalue weighted by atomic mass is 10.0. The van der Waals surface area contributed by atoms with Crippen molar-refractivity contribution in [2.45, 2.75) is 47.3 Å². The van der Waals surface area contributed by atoms with Crippen LogP contribution >= 0.6 is 0 Å². The first-order chi connectivity index (χ1) is 15.4. The highest BCUT2D eigenvalue weighted by Crippen LogP contribution is 2.33. The highest BCUT2D eigenvalue weighted by Gasteiger charge is 2.20. The number of fused-ring (bicyclic) bond motifs is 1. The monoisotopic (exact) mass is 428 g/mol. The van der Waals surface area contributed by atoms with Gasteiger partial charge in [-0.25, -0.2) is 4.68 Å². The van der Waals surface area contributed by atoms with E-state index in [9.17, 15) is 4.79 Å². The Morgan fingerprint density at radius 3 is 2.56 bits per heavy atom. The Morgan fingerprint density at radius 1 is 1.09 bits per heavy atom. The number of benzene rings is 2. The van der Waals surface area contributed by atoms with Crippen molar-refractivity contribution >= 4 is 22.6 Å². The van der Waals surface area contributed by atoms with Gasteiger partial charge in [-0.05, 0) is 62.9 Å². The Kier molecular flexibility index (Phi) is 5.95. The van der Waals surface area contributed by atoms with Gasteiger partial charge in [-0.1, -0.05) is 42.5 Å². The fraction of sp³-hybridized carbons (Fsp3) is 0.269. The van der Waals surface area contributed by atoms with Gasteiger partial charge in [0.1, 0.15) is 0 Å². The molecule has 1 amide bonds. The summed E-state index contributed by atoms with van der Waals surface area (Å²) in [4.78, 5) is 17.6. The molecule has 1 atom stereocenters. The van der Waals surface area contributed by atoms with E-state index in [0.29, 0.717) is 12.4 Å². The van der Waals surface area contributed by atoms with Crippen molar-refractivity contribution in [3.05, 3.63) is 71.4 Å². The van der Waals surface area contributed by atoms with Gasteiger partial charge in [0.15, 0.2) is 11.8 Å². The zero-order valence-corrected chi connectivity index (χ0v) is 19.1. The van der Waals surface area contributed by atoms with Crippen LogP contribution in [0.2, 0.25) is 0 Å². The van der Waals surface area contributed by atoms with E-state index in [2.05, 4.69) is 22.5 Å². The molecular formula is C26H28N4O2. The molecule has 0 spiro atoms. The highest BCUT2D eigenvalue weighted by molar-refractivity contribution is 5.96. The van der Waals surface area contributed by atoms with Gasteiger partial charge in [0.25, 0.3) is 5.91 Å². The molecule has 164 valence electrons. The molecule has 0 aliphatic rings. The molecule has 1 N–H and O–H groups in total. The van der Waals surface area contributed by atoms with E-state index in [4.69, 9.17) is 9.72 Å². The lowest BCUT2D eigenvalue weighted by molar-refractivity contribution is -0.122. The zero-order valence-electron chi connectivity index (χ0n) is 19.1. The highest BCUT2D eigenvalue weighted by atomic mass is 16.5. The lowest BCUT2D eigenvalue weighted by Gasteiger charge is -2.16. The number of anilines is 1. The number of amides is 1. The summed E-state index contributed by atoms with van der Waals surface area (Å²) in [7, 11) is 0. The zero-order chi connectivity index (χ0) is 22.8. The van der Waals surface area contributed by atoms with Crippen molar-refractivity contribution < 1.29 is 9.53 Å².